The molecule has 0 bridgehead atoms. The van der Waals surface area contributed by atoms with Gasteiger partial charge >= 0.3 is 13.8 Å². The smallest absolute Gasteiger partial charge is 0.457 e. The molecule has 0 radical (unpaired) electrons. The molecule has 6 unspecified atom stereocenters. The Bertz CT molecular complexity index is 1290. The minimum atomic E-state index is -5.03. The Kier molecular flexibility index (Phi) is 38.7. The molecular formula is C51H91O12P. The summed E-state index contributed by atoms with van der Waals surface area (Å²) in [6.45, 7) is 4.19. The molecule has 0 aromatic rings. The molecule has 1 rings (SSSR count). The van der Waals surface area contributed by atoms with Gasteiger partial charge in [-0.15, -0.1) is 0 Å². The predicted octanol–water partition coefficient (Wildman–Crippen LogP) is 11.0. The zero-order chi connectivity index (χ0) is 46.9. The van der Waals surface area contributed by atoms with Crippen LogP contribution in [0.4, 0.5) is 0 Å². The molecule has 13 heteroatoms. The molecule has 1 fully saturated rings. The number of phosphoric ester groups is 1. The highest BCUT2D eigenvalue weighted by molar-refractivity contribution is 7.47. The molecule has 6 atom stereocenters. The third kappa shape index (κ3) is 32.7. The van der Waals surface area contributed by atoms with Gasteiger partial charge < -0.3 is 39.9 Å². The molecule has 6 N–H and O–H groups in total. The van der Waals surface area contributed by atoms with Gasteiger partial charge in [-0.1, -0.05) is 164 Å². The van der Waals surface area contributed by atoms with E-state index in [1.54, 1.807) is 0 Å². The van der Waals surface area contributed by atoms with Crippen molar-refractivity contribution in [2.24, 2.45) is 0 Å². The number of carbonyl (C=O) groups is 1. The molecule has 12 nitrogen and oxygen atoms in total. The summed E-state index contributed by atoms with van der Waals surface area (Å²) in [5.74, 6) is -0.496. The second-order valence-corrected chi connectivity index (χ2v) is 18.7. The lowest BCUT2D eigenvalue weighted by Crippen LogP contribution is -2.64. The van der Waals surface area contributed by atoms with Crippen LogP contribution < -0.4 is 0 Å². The molecule has 0 heterocycles. The first-order chi connectivity index (χ1) is 31.0. The summed E-state index contributed by atoms with van der Waals surface area (Å²) in [5.41, 5.74) is 0. The van der Waals surface area contributed by atoms with Gasteiger partial charge in [-0.05, 0) is 83.5 Å². The molecule has 372 valence electrons. The van der Waals surface area contributed by atoms with Crippen molar-refractivity contribution in [2.45, 2.75) is 236 Å². The summed E-state index contributed by atoms with van der Waals surface area (Å²) in [5, 5.41) is 50.3. The van der Waals surface area contributed by atoms with Crippen LogP contribution in [0.25, 0.3) is 0 Å². The van der Waals surface area contributed by atoms with Crippen LogP contribution in [0.2, 0.25) is 0 Å². The number of allylic oxidation sites excluding steroid dienone is 10. The van der Waals surface area contributed by atoms with E-state index in [2.05, 4.69) is 74.6 Å². The van der Waals surface area contributed by atoms with Gasteiger partial charge in [0.25, 0.3) is 0 Å². The van der Waals surface area contributed by atoms with Crippen molar-refractivity contribution in [1.82, 2.24) is 0 Å². The van der Waals surface area contributed by atoms with Gasteiger partial charge in [-0.25, -0.2) is 4.57 Å². The maximum Gasteiger partial charge on any atom is 0.472 e. The van der Waals surface area contributed by atoms with Crippen LogP contribution in [0.15, 0.2) is 60.8 Å². The normalized spacial score (nSPS) is 22.2. The molecule has 0 aromatic carbocycles. The Morgan fingerprint density at radius 1 is 0.500 bits per heavy atom. The van der Waals surface area contributed by atoms with Gasteiger partial charge in [0.15, 0.2) is 0 Å². The average Bonchev–Trinajstić information content (AvgIpc) is 3.28. The van der Waals surface area contributed by atoms with E-state index in [9.17, 15) is 39.8 Å². The van der Waals surface area contributed by atoms with E-state index in [1.165, 1.54) is 77.0 Å². The molecule has 64 heavy (non-hydrogen) atoms. The molecule has 1 aliphatic carbocycles. The first-order valence-electron chi connectivity index (χ1n) is 25.1. The van der Waals surface area contributed by atoms with Gasteiger partial charge in [0.2, 0.25) is 0 Å². The van der Waals surface area contributed by atoms with Crippen LogP contribution in [-0.2, 0) is 27.9 Å². The lowest BCUT2D eigenvalue weighted by atomic mass is 9.85. The van der Waals surface area contributed by atoms with Crippen molar-refractivity contribution in [3.63, 3.8) is 0 Å². The topological polar surface area (TPSA) is 192 Å². The Morgan fingerprint density at radius 3 is 1.36 bits per heavy atom. The minimum Gasteiger partial charge on any atom is -0.457 e. The lowest BCUT2D eigenvalue weighted by molar-refractivity contribution is -0.220. The monoisotopic (exact) mass is 927 g/mol. The molecular weight excluding hydrogens is 836 g/mol. The van der Waals surface area contributed by atoms with Crippen molar-refractivity contribution in [3.8, 4) is 0 Å². The number of aliphatic hydroxyl groups is 5. The third-order valence-corrected chi connectivity index (χ3v) is 12.3. The lowest BCUT2D eigenvalue weighted by Gasteiger charge is -2.41. The first kappa shape index (κ1) is 60.1. The Labute approximate surface area is 387 Å². The van der Waals surface area contributed by atoms with Gasteiger partial charge in [0, 0.05) is 13.0 Å². The highest BCUT2D eigenvalue weighted by atomic mass is 31.2. The number of hydrogen-bond donors (Lipinski definition) is 6. The van der Waals surface area contributed by atoms with Crippen LogP contribution in [0.3, 0.4) is 0 Å². The second-order valence-electron chi connectivity index (χ2n) is 17.3. The van der Waals surface area contributed by atoms with Crippen LogP contribution in [0.5, 0.6) is 0 Å². The zero-order valence-electron chi connectivity index (χ0n) is 39.8. The Hall–Kier alpha value is -1.96. The van der Waals surface area contributed by atoms with Crippen molar-refractivity contribution in [1.29, 1.82) is 0 Å². The van der Waals surface area contributed by atoms with E-state index >= 15 is 0 Å². The van der Waals surface area contributed by atoms with Crippen LogP contribution in [0.1, 0.15) is 194 Å². The minimum absolute atomic E-state index is 0.0915. The molecule has 0 saturated heterocycles. The summed E-state index contributed by atoms with van der Waals surface area (Å²) in [6.07, 6.45) is 40.0. The van der Waals surface area contributed by atoms with Crippen molar-refractivity contribution in [3.05, 3.63) is 60.8 Å². The Morgan fingerprint density at radius 2 is 0.875 bits per heavy atom. The number of unbranched alkanes of at least 4 members (excludes halogenated alkanes) is 20. The average molecular weight is 927 g/mol. The SMILES string of the molecule is CCCCC/C=C\C/C=C\CCCCCCCC(=O)OC(COCCCCCCCCC/C=C\C/C=C\C/C=C\CCCCCCC)COP(=O)(O)OC1C(O)C(O)C(O)C(O)C1O. The molecule has 0 spiro atoms. The van der Waals surface area contributed by atoms with Crippen molar-refractivity contribution in [2.75, 3.05) is 19.8 Å². The van der Waals surface area contributed by atoms with E-state index in [4.69, 9.17) is 18.5 Å². The van der Waals surface area contributed by atoms with E-state index in [0.29, 0.717) is 13.0 Å². The van der Waals surface area contributed by atoms with Gasteiger partial charge in [-0.2, -0.15) is 0 Å². The van der Waals surface area contributed by atoms with Gasteiger partial charge in [0.05, 0.1) is 13.2 Å². The number of carbonyl (C=O) groups excluding carboxylic acids is 1. The highest BCUT2D eigenvalue weighted by Gasteiger charge is 2.51. The molecule has 0 aliphatic heterocycles. The molecule has 0 aromatic heterocycles. The van der Waals surface area contributed by atoms with E-state index < -0.39 is 63.1 Å². The molecule has 1 aliphatic rings. The fraction of sp³-hybridized carbons (Fsp3) is 0.784. The van der Waals surface area contributed by atoms with Crippen molar-refractivity contribution < 1.29 is 58.3 Å². The maximum atomic E-state index is 12.8. The Balaban J connectivity index is 2.37. The quantitative estimate of drug-likeness (QED) is 0.0147. The maximum absolute atomic E-state index is 12.8. The van der Waals surface area contributed by atoms with E-state index in [1.807, 2.05) is 0 Å². The van der Waals surface area contributed by atoms with E-state index in [0.717, 1.165) is 89.9 Å². The number of hydrogen-bond acceptors (Lipinski definition) is 11. The fourth-order valence-electron chi connectivity index (χ4n) is 7.33. The number of esters is 1. The number of ether oxygens (including phenoxy) is 2. The predicted molar refractivity (Wildman–Crippen MR) is 258 cm³/mol. The number of rotatable bonds is 42. The van der Waals surface area contributed by atoms with Crippen LogP contribution >= 0.6 is 7.82 Å². The molecule has 1 saturated carbocycles. The molecule has 0 amide bonds. The number of phosphoric acid groups is 1. The van der Waals surface area contributed by atoms with Crippen LogP contribution in [-0.4, -0.2) is 98.9 Å². The van der Waals surface area contributed by atoms with Crippen molar-refractivity contribution >= 4 is 13.8 Å². The standard InChI is InChI=1S/C51H91O12P/c1-3-5-7-9-11-13-15-17-19-20-21-22-23-24-25-27-29-31-33-35-37-39-41-60-42-44(43-61-64(58,59)63-51-49(56)47(54)46(53)48(55)50(51)57)62-45(52)40-38-36-34-32-30-28-26-18-16-14-12-10-8-6-4-2/h12,14-15,17-18,20-21,23-24,26,44,46-51,53-57H,3-11,13,16,19,22,25,27-43H2,1-2H3,(H,58,59)/b14-12-,17-15-,21-20-,24-23-,26-18-. The summed E-state index contributed by atoms with van der Waals surface area (Å²) in [6, 6.07) is 0. The van der Waals surface area contributed by atoms with Gasteiger partial charge in [0.1, 0.15) is 42.7 Å². The third-order valence-electron chi connectivity index (χ3n) is 11.4. The highest BCUT2D eigenvalue weighted by Crippen LogP contribution is 2.47. The summed E-state index contributed by atoms with van der Waals surface area (Å²) >= 11 is 0. The summed E-state index contributed by atoms with van der Waals surface area (Å²) in [7, 11) is -5.03. The number of aliphatic hydroxyl groups excluding tert-OH is 5. The second kappa shape index (κ2) is 41.2. The zero-order valence-corrected chi connectivity index (χ0v) is 40.7. The van der Waals surface area contributed by atoms with Crippen LogP contribution in [0, 0.1) is 0 Å². The van der Waals surface area contributed by atoms with E-state index in [-0.39, 0.29) is 13.0 Å². The first-order valence-corrected chi connectivity index (χ1v) is 26.6. The summed E-state index contributed by atoms with van der Waals surface area (Å²) in [4.78, 5) is 23.2. The van der Waals surface area contributed by atoms with Gasteiger partial charge in [-0.3, -0.25) is 13.8 Å². The fourth-order valence-corrected chi connectivity index (χ4v) is 8.31. The largest absolute Gasteiger partial charge is 0.472 e. The summed E-state index contributed by atoms with van der Waals surface area (Å²) < 4.78 is 34.2.